The SMILES string of the molecule is CCNC(=NCCCCn1ccccc1=O)NC1CCN(c2cccc(Cl)c2)C1.I. The van der Waals surface area contributed by atoms with Crippen molar-refractivity contribution in [2.75, 3.05) is 31.1 Å². The molecule has 1 aromatic carbocycles. The van der Waals surface area contributed by atoms with Gasteiger partial charge in [0.1, 0.15) is 0 Å². The molecule has 0 saturated carbocycles. The molecule has 1 fully saturated rings. The molecule has 30 heavy (non-hydrogen) atoms. The molecule has 2 heterocycles. The summed E-state index contributed by atoms with van der Waals surface area (Å²) >= 11 is 6.13. The van der Waals surface area contributed by atoms with Crippen LogP contribution in [0.25, 0.3) is 0 Å². The van der Waals surface area contributed by atoms with Crippen LogP contribution in [0.5, 0.6) is 0 Å². The molecular formula is C22H31ClIN5O. The van der Waals surface area contributed by atoms with Crippen molar-refractivity contribution in [2.45, 2.75) is 38.8 Å². The van der Waals surface area contributed by atoms with E-state index in [1.165, 1.54) is 5.69 Å². The molecule has 1 saturated heterocycles. The van der Waals surface area contributed by atoms with Gasteiger partial charge in [-0.25, -0.2) is 0 Å². The fraction of sp³-hybridized carbons (Fsp3) is 0.455. The molecule has 8 heteroatoms. The fourth-order valence-corrected chi connectivity index (χ4v) is 3.71. The molecular weight excluding hydrogens is 513 g/mol. The van der Waals surface area contributed by atoms with E-state index in [4.69, 9.17) is 16.6 Å². The number of pyridine rings is 1. The van der Waals surface area contributed by atoms with Crippen molar-refractivity contribution < 1.29 is 0 Å². The zero-order valence-corrected chi connectivity index (χ0v) is 20.5. The van der Waals surface area contributed by atoms with Gasteiger partial charge in [0.2, 0.25) is 5.56 Å². The number of nitrogens with one attached hydrogen (secondary N) is 2. The Morgan fingerprint density at radius 1 is 1.23 bits per heavy atom. The highest BCUT2D eigenvalue weighted by atomic mass is 127. The van der Waals surface area contributed by atoms with Crippen LogP contribution < -0.4 is 21.1 Å². The van der Waals surface area contributed by atoms with E-state index in [-0.39, 0.29) is 29.5 Å². The number of rotatable bonds is 8. The van der Waals surface area contributed by atoms with Crippen LogP contribution in [0.3, 0.4) is 0 Å². The molecule has 1 aliphatic heterocycles. The van der Waals surface area contributed by atoms with Crippen LogP contribution in [0.1, 0.15) is 26.2 Å². The molecule has 6 nitrogen and oxygen atoms in total. The second-order valence-electron chi connectivity index (χ2n) is 7.26. The van der Waals surface area contributed by atoms with Crippen LogP contribution >= 0.6 is 35.6 Å². The fourth-order valence-electron chi connectivity index (χ4n) is 3.53. The molecule has 2 N–H and O–H groups in total. The van der Waals surface area contributed by atoms with E-state index in [1.54, 1.807) is 16.7 Å². The summed E-state index contributed by atoms with van der Waals surface area (Å²) in [6.07, 6.45) is 4.77. The highest BCUT2D eigenvalue weighted by Gasteiger charge is 2.23. The Hall–Kier alpha value is -1.74. The van der Waals surface area contributed by atoms with E-state index >= 15 is 0 Å². The first-order valence-corrected chi connectivity index (χ1v) is 10.7. The number of guanidine groups is 1. The standard InChI is InChI=1S/C22H30ClN5O.HI/c1-2-24-22(25-12-4-6-14-27-13-5-3-10-21(27)29)26-19-11-15-28(17-19)20-9-7-8-18(23)16-20;/h3,5,7-10,13,16,19H,2,4,6,11-12,14-15,17H2,1H3,(H2,24,25,26);1H. The van der Waals surface area contributed by atoms with E-state index in [9.17, 15) is 4.79 Å². The van der Waals surface area contributed by atoms with Crippen LogP contribution in [0.4, 0.5) is 5.69 Å². The zero-order chi connectivity index (χ0) is 20.5. The molecule has 0 spiro atoms. The molecule has 1 aliphatic rings. The van der Waals surface area contributed by atoms with Gasteiger partial charge in [-0.3, -0.25) is 9.79 Å². The topological polar surface area (TPSA) is 61.7 Å². The second-order valence-corrected chi connectivity index (χ2v) is 7.69. The summed E-state index contributed by atoms with van der Waals surface area (Å²) in [5, 5.41) is 7.66. The van der Waals surface area contributed by atoms with Gasteiger partial charge in [0, 0.05) is 61.7 Å². The van der Waals surface area contributed by atoms with Gasteiger partial charge in [0.15, 0.2) is 5.96 Å². The maximum absolute atomic E-state index is 11.7. The number of hydrogen-bond donors (Lipinski definition) is 2. The van der Waals surface area contributed by atoms with Gasteiger partial charge in [-0.05, 0) is 50.5 Å². The highest BCUT2D eigenvalue weighted by molar-refractivity contribution is 14.0. The van der Waals surface area contributed by atoms with Crippen molar-refractivity contribution in [3.63, 3.8) is 0 Å². The lowest BCUT2D eigenvalue weighted by atomic mass is 10.2. The first kappa shape index (κ1) is 24.5. The minimum atomic E-state index is 0. The van der Waals surface area contributed by atoms with Gasteiger partial charge in [0.05, 0.1) is 0 Å². The Morgan fingerprint density at radius 2 is 2.10 bits per heavy atom. The quantitative estimate of drug-likeness (QED) is 0.231. The highest BCUT2D eigenvalue weighted by Crippen LogP contribution is 2.23. The van der Waals surface area contributed by atoms with E-state index < -0.39 is 0 Å². The number of benzene rings is 1. The Morgan fingerprint density at radius 3 is 2.87 bits per heavy atom. The number of aryl methyl sites for hydroxylation is 1. The van der Waals surface area contributed by atoms with Crippen LogP contribution in [-0.4, -0.2) is 42.7 Å². The molecule has 0 radical (unpaired) electrons. The summed E-state index contributed by atoms with van der Waals surface area (Å²) in [5.41, 5.74) is 1.22. The first-order chi connectivity index (χ1) is 14.2. The Kier molecular flexibility index (Phi) is 10.5. The monoisotopic (exact) mass is 543 g/mol. The minimum absolute atomic E-state index is 0. The van der Waals surface area contributed by atoms with Gasteiger partial charge in [0.25, 0.3) is 0 Å². The molecule has 164 valence electrons. The molecule has 1 unspecified atom stereocenters. The molecule has 1 aromatic heterocycles. The van der Waals surface area contributed by atoms with E-state index in [0.29, 0.717) is 6.04 Å². The third-order valence-corrected chi connectivity index (χ3v) is 5.26. The normalized spacial score (nSPS) is 16.3. The van der Waals surface area contributed by atoms with Crippen molar-refractivity contribution >= 4 is 47.2 Å². The number of nitrogens with zero attached hydrogens (tertiary/aromatic N) is 3. The third-order valence-electron chi connectivity index (χ3n) is 5.02. The summed E-state index contributed by atoms with van der Waals surface area (Å²) < 4.78 is 1.75. The number of halogens is 2. The largest absolute Gasteiger partial charge is 0.369 e. The van der Waals surface area contributed by atoms with Crippen molar-refractivity contribution in [1.29, 1.82) is 0 Å². The lowest BCUT2D eigenvalue weighted by Crippen LogP contribution is -2.44. The average molecular weight is 544 g/mol. The smallest absolute Gasteiger partial charge is 0.250 e. The van der Waals surface area contributed by atoms with Crippen molar-refractivity contribution in [3.05, 3.63) is 64.0 Å². The van der Waals surface area contributed by atoms with Crippen LogP contribution in [-0.2, 0) is 6.54 Å². The summed E-state index contributed by atoms with van der Waals surface area (Å²) in [7, 11) is 0. The van der Waals surface area contributed by atoms with Crippen LogP contribution in [0.15, 0.2) is 58.4 Å². The first-order valence-electron chi connectivity index (χ1n) is 10.4. The lowest BCUT2D eigenvalue weighted by Gasteiger charge is -2.20. The minimum Gasteiger partial charge on any atom is -0.369 e. The van der Waals surface area contributed by atoms with E-state index in [1.807, 2.05) is 30.5 Å². The third kappa shape index (κ3) is 7.50. The van der Waals surface area contributed by atoms with Crippen LogP contribution in [0, 0.1) is 0 Å². The predicted molar refractivity (Wildman–Crippen MR) is 137 cm³/mol. The summed E-state index contributed by atoms with van der Waals surface area (Å²) in [5.74, 6) is 0.863. The summed E-state index contributed by atoms with van der Waals surface area (Å²) in [6.45, 7) is 6.31. The molecule has 2 aromatic rings. The molecule has 0 bridgehead atoms. The van der Waals surface area contributed by atoms with Gasteiger partial charge < -0.3 is 20.1 Å². The van der Waals surface area contributed by atoms with Crippen LogP contribution in [0.2, 0.25) is 5.02 Å². The molecule has 3 rings (SSSR count). The molecule has 1 atom stereocenters. The number of unbranched alkanes of at least 4 members (excludes halogenated alkanes) is 1. The maximum Gasteiger partial charge on any atom is 0.250 e. The van der Waals surface area contributed by atoms with Gasteiger partial charge in [-0.15, -0.1) is 24.0 Å². The number of anilines is 1. The molecule has 0 amide bonds. The zero-order valence-electron chi connectivity index (χ0n) is 17.4. The Balaban J connectivity index is 0.00000320. The second kappa shape index (κ2) is 12.8. The van der Waals surface area contributed by atoms with Gasteiger partial charge in [-0.1, -0.05) is 23.7 Å². The Labute approximate surface area is 200 Å². The van der Waals surface area contributed by atoms with Gasteiger partial charge in [-0.2, -0.15) is 0 Å². The van der Waals surface area contributed by atoms with E-state index in [0.717, 1.165) is 63.0 Å². The van der Waals surface area contributed by atoms with Crippen molar-refractivity contribution in [2.24, 2.45) is 4.99 Å². The average Bonchev–Trinajstić information content (AvgIpc) is 3.18. The summed E-state index contributed by atoms with van der Waals surface area (Å²) in [6, 6.07) is 13.6. The van der Waals surface area contributed by atoms with Gasteiger partial charge >= 0.3 is 0 Å². The number of aromatic nitrogens is 1. The van der Waals surface area contributed by atoms with Crippen molar-refractivity contribution in [3.8, 4) is 0 Å². The maximum atomic E-state index is 11.7. The molecule has 0 aliphatic carbocycles. The lowest BCUT2D eigenvalue weighted by molar-refractivity contribution is 0.595. The predicted octanol–water partition coefficient (Wildman–Crippen LogP) is 3.73. The van der Waals surface area contributed by atoms with Crippen molar-refractivity contribution in [1.82, 2.24) is 15.2 Å². The summed E-state index contributed by atoms with van der Waals surface area (Å²) in [4.78, 5) is 18.8. The number of aliphatic imine (C=N–C) groups is 1. The van der Waals surface area contributed by atoms with E-state index in [2.05, 4.69) is 28.5 Å². The number of hydrogen-bond acceptors (Lipinski definition) is 3. The Bertz CT molecular complexity index is 872.